The Morgan fingerprint density at radius 1 is 1.08 bits per heavy atom. The number of carbonyl (C=O) groups excluding carboxylic acids is 2. The van der Waals surface area contributed by atoms with Crippen molar-refractivity contribution in [1.29, 1.82) is 0 Å². The molecule has 0 bridgehead atoms. The molecule has 0 radical (unpaired) electrons. The summed E-state index contributed by atoms with van der Waals surface area (Å²) in [4.78, 5) is 36.2. The van der Waals surface area contributed by atoms with Crippen LogP contribution in [0.5, 0.6) is 0 Å². The van der Waals surface area contributed by atoms with Gasteiger partial charge >= 0.3 is 0 Å². The van der Waals surface area contributed by atoms with Crippen molar-refractivity contribution in [2.24, 2.45) is 5.41 Å². The quantitative estimate of drug-likeness (QED) is 0.930. The highest BCUT2D eigenvalue weighted by Gasteiger charge is 2.30. The number of para-hydroxylation sites is 2. The molecular formula is C19H26N4O2. The number of H-pyrrole nitrogens is 1. The van der Waals surface area contributed by atoms with Crippen molar-refractivity contribution < 1.29 is 9.59 Å². The van der Waals surface area contributed by atoms with E-state index in [1.54, 1.807) is 0 Å². The van der Waals surface area contributed by atoms with Gasteiger partial charge in [-0.15, -0.1) is 0 Å². The Kier molecular flexibility index (Phi) is 4.79. The van der Waals surface area contributed by atoms with Crippen molar-refractivity contribution in [2.45, 2.75) is 33.6 Å². The molecular weight excluding hydrogens is 316 g/mol. The third-order valence-electron chi connectivity index (χ3n) is 4.58. The number of hydrogen-bond acceptors (Lipinski definition) is 3. The van der Waals surface area contributed by atoms with Gasteiger partial charge in [0.25, 0.3) is 0 Å². The molecule has 0 saturated carbocycles. The Morgan fingerprint density at radius 3 is 2.36 bits per heavy atom. The molecule has 1 fully saturated rings. The molecule has 1 aromatic heterocycles. The van der Waals surface area contributed by atoms with Crippen LogP contribution in [0.25, 0.3) is 11.0 Å². The van der Waals surface area contributed by atoms with Crippen LogP contribution in [-0.2, 0) is 16.0 Å². The lowest BCUT2D eigenvalue weighted by molar-refractivity contribution is -0.144. The molecule has 2 heterocycles. The number of aromatic amines is 1. The van der Waals surface area contributed by atoms with Gasteiger partial charge in [0.1, 0.15) is 5.82 Å². The van der Waals surface area contributed by atoms with Crippen LogP contribution in [0.15, 0.2) is 24.3 Å². The van der Waals surface area contributed by atoms with Crippen LogP contribution in [0.1, 0.15) is 33.0 Å². The summed E-state index contributed by atoms with van der Waals surface area (Å²) in [6, 6.07) is 7.87. The number of carbonyl (C=O) groups is 2. The fourth-order valence-electron chi connectivity index (χ4n) is 3.14. The first-order valence-electron chi connectivity index (χ1n) is 8.85. The summed E-state index contributed by atoms with van der Waals surface area (Å²) in [5, 5.41) is 0. The molecule has 6 nitrogen and oxygen atoms in total. The zero-order valence-electron chi connectivity index (χ0n) is 15.2. The van der Waals surface area contributed by atoms with Gasteiger partial charge in [0.15, 0.2) is 0 Å². The highest BCUT2D eigenvalue weighted by atomic mass is 16.2. The lowest BCUT2D eigenvalue weighted by Crippen LogP contribution is -2.53. The third kappa shape index (κ3) is 4.00. The van der Waals surface area contributed by atoms with Gasteiger partial charge in [0.2, 0.25) is 11.8 Å². The minimum atomic E-state index is -0.368. The van der Waals surface area contributed by atoms with Crippen molar-refractivity contribution in [2.75, 3.05) is 26.2 Å². The molecule has 2 aromatic rings. The van der Waals surface area contributed by atoms with Crippen molar-refractivity contribution in [3.8, 4) is 0 Å². The highest BCUT2D eigenvalue weighted by Crippen LogP contribution is 2.19. The van der Waals surface area contributed by atoms with E-state index >= 15 is 0 Å². The molecule has 1 N–H and O–H groups in total. The lowest BCUT2D eigenvalue weighted by atomic mass is 9.94. The summed E-state index contributed by atoms with van der Waals surface area (Å²) in [5.41, 5.74) is 1.56. The number of aromatic nitrogens is 2. The third-order valence-corrected chi connectivity index (χ3v) is 4.58. The second-order valence-corrected chi connectivity index (χ2v) is 7.62. The number of hydrogen-bond donors (Lipinski definition) is 1. The smallest absolute Gasteiger partial charge is 0.228 e. The monoisotopic (exact) mass is 342 g/mol. The summed E-state index contributed by atoms with van der Waals surface area (Å²) in [5.74, 6) is 1.13. The maximum absolute atomic E-state index is 12.4. The number of piperazine rings is 1. The lowest BCUT2D eigenvalue weighted by Gasteiger charge is -2.37. The van der Waals surface area contributed by atoms with Gasteiger partial charge in [-0.3, -0.25) is 9.59 Å². The summed E-state index contributed by atoms with van der Waals surface area (Å²) >= 11 is 0. The van der Waals surface area contributed by atoms with Crippen molar-refractivity contribution in [3.05, 3.63) is 30.1 Å². The second-order valence-electron chi connectivity index (χ2n) is 7.62. The maximum Gasteiger partial charge on any atom is 0.228 e. The van der Waals surface area contributed by atoms with E-state index in [2.05, 4.69) is 9.97 Å². The van der Waals surface area contributed by atoms with E-state index in [4.69, 9.17) is 0 Å². The fourth-order valence-corrected chi connectivity index (χ4v) is 3.14. The Hall–Kier alpha value is -2.37. The Balaban J connectivity index is 1.50. The van der Waals surface area contributed by atoms with Crippen LogP contribution in [0.3, 0.4) is 0 Å². The van der Waals surface area contributed by atoms with E-state index in [9.17, 15) is 9.59 Å². The standard InChI is InChI=1S/C19H26N4O2/c1-19(2,3)18(25)23-12-10-22(11-13-23)17(24)9-8-16-20-14-6-4-5-7-15(14)21-16/h4-7H,8-13H2,1-3H3,(H,20,21). The normalized spacial score (nSPS) is 15.6. The zero-order chi connectivity index (χ0) is 18.0. The number of nitrogens with one attached hydrogen (secondary N) is 1. The largest absolute Gasteiger partial charge is 0.342 e. The molecule has 0 aliphatic carbocycles. The number of fused-ring (bicyclic) bond motifs is 1. The second kappa shape index (κ2) is 6.86. The van der Waals surface area contributed by atoms with Crippen molar-refractivity contribution >= 4 is 22.8 Å². The highest BCUT2D eigenvalue weighted by molar-refractivity contribution is 5.82. The molecule has 6 heteroatoms. The van der Waals surface area contributed by atoms with Crippen LogP contribution in [-0.4, -0.2) is 57.8 Å². The first-order valence-corrected chi connectivity index (χ1v) is 8.85. The van der Waals surface area contributed by atoms with E-state index in [0.717, 1.165) is 16.9 Å². The molecule has 134 valence electrons. The predicted octanol–water partition coefficient (Wildman–Crippen LogP) is 2.21. The fraction of sp³-hybridized carbons (Fsp3) is 0.526. The number of benzene rings is 1. The SMILES string of the molecule is CC(C)(C)C(=O)N1CCN(C(=O)CCc2nc3ccccc3[nH]2)CC1. The average molecular weight is 342 g/mol. The summed E-state index contributed by atoms with van der Waals surface area (Å²) in [7, 11) is 0. The van der Waals surface area contributed by atoms with Crippen LogP contribution in [0.2, 0.25) is 0 Å². The van der Waals surface area contributed by atoms with Gasteiger partial charge in [-0.25, -0.2) is 4.98 Å². The molecule has 25 heavy (non-hydrogen) atoms. The number of nitrogens with zero attached hydrogens (tertiary/aromatic N) is 3. The van der Waals surface area contributed by atoms with Crippen LogP contribution >= 0.6 is 0 Å². The van der Waals surface area contributed by atoms with Crippen LogP contribution in [0, 0.1) is 5.41 Å². The molecule has 0 unspecified atom stereocenters. The van der Waals surface area contributed by atoms with Crippen molar-refractivity contribution in [3.63, 3.8) is 0 Å². The molecule has 1 aliphatic heterocycles. The summed E-state index contributed by atoms with van der Waals surface area (Å²) in [6.45, 7) is 8.25. The first kappa shape index (κ1) is 17.5. The predicted molar refractivity (Wildman–Crippen MR) is 97.0 cm³/mol. The van der Waals surface area contributed by atoms with Gasteiger partial charge in [0.05, 0.1) is 11.0 Å². The number of imidazole rings is 1. The van der Waals surface area contributed by atoms with E-state index in [1.807, 2.05) is 54.8 Å². The molecule has 1 aromatic carbocycles. The molecule has 3 rings (SSSR count). The number of rotatable bonds is 3. The first-order chi connectivity index (χ1) is 11.8. The zero-order valence-corrected chi connectivity index (χ0v) is 15.2. The topological polar surface area (TPSA) is 69.3 Å². The molecule has 0 spiro atoms. The maximum atomic E-state index is 12.4. The van der Waals surface area contributed by atoms with E-state index in [0.29, 0.717) is 39.0 Å². The number of amides is 2. The molecule has 1 aliphatic rings. The van der Waals surface area contributed by atoms with Crippen LogP contribution in [0.4, 0.5) is 0 Å². The van der Waals surface area contributed by atoms with Gasteiger partial charge in [0, 0.05) is 44.4 Å². The van der Waals surface area contributed by atoms with Gasteiger partial charge in [-0.2, -0.15) is 0 Å². The van der Waals surface area contributed by atoms with Gasteiger partial charge < -0.3 is 14.8 Å². The summed E-state index contributed by atoms with van der Waals surface area (Å²) in [6.07, 6.45) is 1.04. The van der Waals surface area contributed by atoms with E-state index < -0.39 is 0 Å². The average Bonchev–Trinajstić information content (AvgIpc) is 3.01. The minimum absolute atomic E-state index is 0.128. The minimum Gasteiger partial charge on any atom is -0.342 e. The van der Waals surface area contributed by atoms with Gasteiger partial charge in [-0.05, 0) is 12.1 Å². The van der Waals surface area contributed by atoms with Gasteiger partial charge in [-0.1, -0.05) is 32.9 Å². The molecule has 2 amide bonds. The molecule has 1 saturated heterocycles. The molecule has 0 atom stereocenters. The Labute approximate surface area is 148 Å². The van der Waals surface area contributed by atoms with E-state index in [-0.39, 0.29) is 17.2 Å². The van der Waals surface area contributed by atoms with Crippen molar-refractivity contribution in [1.82, 2.24) is 19.8 Å². The Bertz CT molecular complexity index is 734. The number of aryl methyl sites for hydroxylation is 1. The van der Waals surface area contributed by atoms with E-state index in [1.165, 1.54) is 0 Å². The van der Waals surface area contributed by atoms with Crippen LogP contribution < -0.4 is 0 Å². The Morgan fingerprint density at radius 2 is 1.72 bits per heavy atom. The summed E-state index contributed by atoms with van der Waals surface area (Å²) < 4.78 is 0.